The molecule has 108 valence electrons. The van der Waals surface area contributed by atoms with Crippen LogP contribution in [-0.2, 0) is 17.8 Å². The maximum atomic E-state index is 12.0. The fraction of sp³-hybridized carbons (Fsp3) is 0.250. The zero-order valence-corrected chi connectivity index (χ0v) is 12.3. The summed E-state index contributed by atoms with van der Waals surface area (Å²) in [6, 6.07) is 9.61. The van der Waals surface area contributed by atoms with E-state index in [9.17, 15) is 4.79 Å². The molecule has 21 heavy (non-hydrogen) atoms. The van der Waals surface area contributed by atoms with E-state index in [1.54, 1.807) is 18.3 Å². The van der Waals surface area contributed by atoms with Crippen LogP contribution in [-0.4, -0.2) is 21.7 Å². The number of benzene rings is 1. The summed E-state index contributed by atoms with van der Waals surface area (Å²) in [5, 5.41) is 7.90. The van der Waals surface area contributed by atoms with E-state index in [0.717, 1.165) is 24.9 Å². The highest BCUT2D eigenvalue weighted by Crippen LogP contribution is 2.16. The minimum absolute atomic E-state index is 0.0899. The average molecular weight is 302 g/mol. The van der Waals surface area contributed by atoms with Gasteiger partial charge < -0.3 is 5.32 Å². The number of halogens is 1. The molecule has 2 heterocycles. The lowest BCUT2D eigenvalue weighted by Crippen LogP contribution is -2.39. The van der Waals surface area contributed by atoms with E-state index in [2.05, 4.69) is 10.4 Å². The van der Waals surface area contributed by atoms with Gasteiger partial charge in [0.25, 0.3) is 0 Å². The second-order valence-electron chi connectivity index (χ2n) is 5.10. The molecule has 1 aromatic carbocycles. The molecule has 2 aromatic rings. The van der Waals surface area contributed by atoms with E-state index in [0.29, 0.717) is 5.02 Å². The van der Waals surface area contributed by atoms with Gasteiger partial charge >= 0.3 is 0 Å². The third-order valence-corrected chi connectivity index (χ3v) is 3.96. The van der Waals surface area contributed by atoms with Crippen molar-refractivity contribution in [2.45, 2.75) is 25.4 Å². The molecule has 0 saturated heterocycles. The van der Waals surface area contributed by atoms with Gasteiger partial charge in [0.15, 0.2) is 0 Å². The van der Waals surface area contributed by atoms with Crippen molar-refractivity contribution in [1.29, 1.82) is 0 Å². The fourth-order valence-electron chi connectivity index (χ4n) is 2.52. The summed E-state index contributed by atoms with van der Waals surface area (Å²) in [5.74, 6) is -0.0899. The third kappa shape index (κ3) is 3.34. The van der Waals surface area contributed by atoms with Crippen LogP contribution in [0.1, 0.15) is 17.7 Å². The number of hydrogen-bond donors (Lipinski definition) is 1. The van der Waals surface area contributed by atoms with Gasteiger partial charge in [-0.1, -0.05) is 29.8 Å². The van der Waals surface area contributed by atoms with Gasteiger partial charge in [0.2, 0.25) is 5.91 Å². The molecule has 0 radical (unpaired) electrons. The maximum Gasteiger partial charge on any atom is 0.244 e. The molecule has 0 fully saturated rings. The molecule has 0 bridgehead atoms. The van der Waals surface area contributed by atoms with Crippen molar-refractivity contribution in [2.24, 2.45) is 0 Å². The Kier molecular flexibility index (Phi) is 4.06. The molecule has 1 amide bonds. The highest BCUT2D eigenvalue weighted by Gasteiger charge is 2.19. The molecule has 5 heteroatoms. The Morgan fingerprint density at radius 1 is 1.38 bits per heavy atom. The second kappa shape index (κ2) is 6.14. The number of nitrogens with zero attached hydrogens (tertiary/aromatic N) is 2. The summed E-state index contributed by atoms with van der Waals surface area (Å²) in [6.45, 7) is 0.849. The number of rotatable bonds is 3. The highest BCUT2D eigenvalue weighted by atomic mass is 35.5. The van der Waals surface area contributed by atoms with Crippen LogP contribution < -0.4 is 5.32 Å². The number of aryl methyl sites for hydroxylation is 1. The van der Waals surface area contributed by atoms with Crippen LogP contribution in [0.3, 0.4) is 0 Å². The van der Waals surface area contributed by atoms with Crippen molar-refractivity contribution in [3.8, 4) is 0 Å². The van der Waals surface area contributed by atoms with Gasteiger partial charge in [0.05, 0.1) is 0 Å². The topological polar surface area (TPSA) is 46.9 Å². The smallest absolute Gasteiger partial charge is 0.244 e. The number of aromatic nitrogens is 2. The van der Waals surface area contributed by atoms with Crippen LogP contribution in [0.15, 0.2) is 42.6 Å². The summed E-state index contributed by atoms with van der Waals surface area (Å²) < 4.78 is 1.99. The molecule has 4 nitrogen and oxygen atoms in total. The normalized spacial score (nSPS) is 17.7. The van der Waals surface area contributed by atoms with Crippen molar-refractivity contribution >= 4 is 23.6 Å². The lowest BCUT2D eigenvalue weighted by atomic mass is 10.0. The number of nitrogens with one attached hydrogen (secondary N) is 1. The summed E-state index contributed by atoms with van der Waals surface area (Å²) in [6.07, 6.45) is 6.81. The average Bonchev–Trinajstić information content (AvgIpc) is 2.94. The van der Waals surface area contributed by atoms with Gasteiger partial charge in [0, 0.05) is 42.0 Å². The Morgan fingerprint density at radius 3 is 3.10 bits per heavy atom. The molecule has 1 aromatic heterocycles. The number of fused-ring (bicyclic) bond motifs is 1. The Balaban J connectivity index is 1.59. The summed E-state index contributed by atoms with van der Waals surface area (Å²) in [5.41, 5.74) is 2.01. The van der Waals surface area contributed by atoms with Gasteiger partial charge in [-0.15, -0.1) is 0 Å². The lowest BCUT2D eigenvalue weighted by molar-refractivity contribution is -0.117. The van der Waals surface area contributed by atoms with Gasteiger partial charge in [-0.05, 0) is 30.2 Å². The number of amides is 1. The van der Waals surface area contributed by atoms with Crippen molar-refractivity contribution in [2.75, 3.05) is 0 Å². The van der Waals surface area contributed by atoms with Crippen molar-refractivity contribution in [1.82, 2.24) is 15.1 Å². The molecule has 1 N–H and O–H groups in total. The second-order valence-corrected chi connectivity index (χ2v) is 5.51. The third-order valence-electron chi connectivity index (χ3n) is 3.62. The molecule has 3 rings (SSSR count). The van der Waals surface area contributed by atoms with Gasteiger partial charge in [0.1, 0.15) is 0 Å². The monoisotopic (exact) mass is 301 g/mol. The van der Waals surface area contributed by atoms with E-state index < -0.39 is 0 Å². The standard InChI is InChI=1S/C16H16ClN3O/c17-15-4-2-1-3-12(15)5-6-16(21)19-13-8-10-20-14(11-13)7-9-18-20/h1-7,9,13H,8,10-11H2,(H,19,21)/b6-5+. The fourth-order valence-corrected chi connectivity index (χ4v) is 2.71. The van der Waals surface area contributed by atoms with Crippen LogP contribution in [0.5, 0.6) is 0 Å². The van der Waals surface area contributed by atoms with Crippen LogP contribution >= 0.6 is 11.6 Å². The number of carbonyl (C=O) groups excluding carboxylic acids is 1. The Morgan fingerprint density at radius 2 is 2.24 bits per heavy atom. The first-order valence-corrected chi connectivity index (χ1v) is 7.34. The van der Waals surface area contributed by atoms with E-state index in [4.69, 9.17) is 11.6 Å². The minimum atomic E-state index is -0.0899. The molecular formula is C16H16ClN3O. The summed E-state index contributed by atoms with van der Waals surface area (Å²) in [7, 11) is 0. The summed E-state index contributed by atoms with van der Waals surface area (Å²) >= 11 is 6.05. The van der Waals surface area contributed by atoms with E-state index in [-0.39, 0.29) is 11.9 Å². The van der Waals surface area contributed by atoms with E-state index >= 15 is 0 Å². The molecule has 1 unspecified atom stereocenters. The Labute approximate surface area is 128 Å². The molecule has 1 aliphatic rings. The van der Waals surface area contributed by atoms with Crippen molar-refractivity contribution < 1.29 is 4.79 Å². The number of carbonyl (C=O) groups is 1. The maximum absolute atomic E-state index is 12.0. The predicted octanol–water partition coefficient (Wildman–Crippen LogP) is 2.68. The zero-order valence-electron chi connectivity index (χ0n) is 11.5. The van der Waals surface area contributed by atoms with Gasteiger partial charge in [-0.3, -0.25) is 9.48 Å². The molecule has 1 atom stereocenters. The molecule has 0 aliphatic carbocycles. The van der Waals surface area contributed by atoms with Gasteiger partial charge in [-0.2, -0.15) is 5.10 Å². The number of hydrogen-bond acceptors (Lipinski definition) is 2. The highest BCUT2D eigenvalue weighted by molar-refractivity contribution is 6.32. The van der Waals surface area contributed by atoms with E-state index in [1.807, 2.05) is 28.9 Å². The SMILES string of the molecule is O=C(/C=C/c1ccccc1Cl)NC1CCn2nccc2C1. The van der Waals surface area contributed by atoms with Crippen LogP contribution in [0.25, 0.3) is 6.08 Å². The van der Waals surface area contributed by atoms with Crippen LogP contribution in [0, 0.1) is 0 Å². The molecule has 0 spiro atoms. The van der Waals surface area contributed by atoms with Crippen LogP contribution in [0.4, 0.5) is 0 Å². The molecule has 1 aliphatic heterocycles. The quantitative estimate of drug-likeness (QED) is 0.886. The molecular weight excluding hydrogens is 286 g/mol. The first kappa shape index (κ1) is 13.9. The van der Waals surface area contributed by atoms with E-state index in [1.165, 1.54) is 11.8 Å². The lowest BCUT2D eigenvalue weighted by Gasteiger charge is -2.23. The first-order chi connectivity index (χ1) is 10.2. The first-order valence-electron chi connectivity index (χ1n) is 6.96. The van der Waals surface area contributed by atoms with Crippen LogP contribution in [0.2, 0.25) is 5.02 Å². The van der Waals surface area contributed by atoms with Crippen molar-refractivity contribution in [3.63, 3.8) is 0 Å². The zero-order chi connectivity index (χ0) is 14.7. The Hall–Kier alpha value is -2.07. The summed E-state index contributed by atoms with van der Waals surface area (Å²) in [4.78, 5) is 12.0. The predicted molar refractivity (Wildman–Crippen MR) is 83.0 cm³/mol. The largest absolute Gasteiger partial charge is 0.349 e. The van der Waals surface area contributed by atoms with Crippen molar-refractivity contribution in [3.05, 3.63) is 58.9 Å². The minimum Gasteiger partial charge on any atom is -0.349 e. The Bertz CT molecular complexity index is 678. The van der Waals surface area contributed by atoms with Gasteiger partial charge in [-0.25, -0.2) is 0 Å². The molecule has 0 saturated carbocycles.